The molecule has 3 N–H and O–H groups in total. The molecule has 2 aromatic carbocycles. The molecule has 0 saturated heterocycles. The third kappa shape index (κ3) is 5.67. The van der Waals surface area contributed by atoms with Crippen LogP contribution in [0.25, 0.3) is 12.2 Å². The van der Waals surface area contributed by atoms with Crippen LogP contribution in [0.3, 0.4) is 0 Å². The summed E-state index contributed by atoms with van der Waals surface area (Å²) in [5, 5.41) is 20.4. The molecule has 0 unspecified atom stereocenters. The molecular weight excluding hydrogens is 294 g/mol. The summed E-state index contributed by atoms with van der Waals surface area (Å²) in [6.45, 7) is 0. The number of carbonyl (C=O) groups is 2. The highest BCUT2D eigenvalue weighted by molar-refractivity contribution is 5.92. The van der Waals surface area contributed by atoms with Crippen LogP contribution >= 0.6 is 0 Å². The number of carbonyl (C=O) groups excluding carboxylic acids is 1. The molecule has 0 atom stereocenters. The first-order valence-electron chi connectivity index (χ1n) is 7.12. The number of carboxylic acids is 1. The summed E-state index contributed by atoms with van der Waals surface area (Å²) in [4.78, 5) is 21.9. The third-order valence-electron chi connectivity index (χ3n) is 3.12. The van der Waals surface area contributed by atoms with Gasteiger partial charge in [0.05, 0.1) is 6.42 Å². The number of amides is 1. The highest BCUT2D eigenvalue weighted by Gasteiger charge is 2.05. The van der Waals surface area contributed by atoms with E-state index in [-0.39, 0.29) is 24.5 Å². The molecule has 5 nitrogen and oxygen atoms in total. The lowest BCUT2D eigenvalue weighted by Crippen LogP contribution is -2.13. The van der Waals surface area contributed by atoms with Gasteiger partial charge in [0.25, 0.3) is 0 Å². The zero-order valence-electron chi connectivity index (χ0n) is 12.4. The van der Waals surface area contributed by atoms with Gasteiger partial charge in [-0.05, 0) is 35.4 Å². The van der Waals surface area contributed by atoms with Crippen molar-refractivity contribution in [3.63, 3.8) is 0 Å². The zero-order valence-corrected chi connectivity index (χ0v) is 12.4. The van der Waals surface area contributed by atoms with Crippen molar-refractivity contribution in [1.29, 1.82) is 0 Å². The van der Waals surface area contributed by atoms with E-state index in [4.69, 9.17) is 5.11 Å². The summed E-state index contributed by atoms with van der Waals surface area (Å²) in [6, 6.07) is 14.1. The van der Waals surface area contributed by atoms with Crippen LogP contribution in [-0.4, -0.2) is 22.1 Å². The normalized spacial score (nSPS) is 10.6. The number of carboxylic acid groups (broad SMARTS) is 1. The van der Waals surface area contributed by atoms with Crippen LogP contribution in [0.5, 0.6) is 5.75 Å². The SMILES string of the molecule is O=C(O)CCC(=O)Nc1ccc(/C=C/c2ccc(O)cc2)cc1. The first kappa shape index (κ1) is 16.3. The van der Waals surface area contributed by atoms with Crippen molar-refractivity contribution in [1.82, 2.24) is 0 Å². The highest BCUT2D eigenvalue weighted by atomic mass is 16.4. The summed E-state index contributed by atoms with van der Waals surface area (Å²) in [5.41, 5.74) is 2.55. The van der Waals surface area contributed by atoms with Crippen molar-refractivity contribution in [3.8, 4) is 5.75 Å². The van der Waals surface area contributed by atoms with Gasteiger partial charge in [-0.2, -0.15) is 0 Å². The summed E-state index contributed by atoms with van der Waals surface area (Å²) >= 11 is 0. The van der Waals surface area contributed by atoms with E-state index in [1.165, 1.54) is 0 Å². The first-order chi connectivity index (χ1) is 11.0. The van der Waals surface area contributed by atoms with Gasteiger partial charge >= 0.3 is 5.97 Å². The van der Waals surface area contributed by atoms with E-state index in [2.05, 4.69) is 5.32 Å². The number of benzene rings is 2. The van der Waals surface area contributed by atoms with Crippen LogP contribution in [0.2, 0.25) is 0 Å². The lowest BCUT2D eigenvalue weighted by atomic mass is 10.1. The standard InChI is InChI=1S/C18H17NO4/c20-16-9-5-14(6-10-16)2-1-13-3-7-15(8-4-13)19-17(21)11-12-18(22)23/h1-10,20H,11-12H2,(H,19,21)(H,22,23)/b2-1+. The average Bonchev–Trinajstić information content (AvgIpc) is 2.54. The molecular formula is C18H17NO4. The maximum absolute atomic E-state index is 11.5. The van der Waals surface area contributed by atoms with Gasteiger partial charge in [-0.15, -0.1) is 0 Å². The number of nitrogens with one attached hydrogen (secondary N) is 1. The molecule has 0 heterocycles. The van der Waals surface area contributed by atoms with Gasteiger partial charge in [-0.3, -0.25) is 9.59 Å². The quantitative estimate of drug-likeness (QED) is 0.714. The minimum absolute atomic E-state index is 0.0438. The molecule has 0 bridgehead atoms. The number of rotatable bonds is 6. The largest absolute Gasteiger partial charge is 0.508 e. The molecule has 1 amide bonds. The van der Waals surface area contributed by atoms with Gasteiger partial charge in [-0.1, -0.05) is 36.4 Å². The number of anilines is 1. The smallest absolute Gasteiger partial charge is 0.303 e. The van der Waals surface area contributed by atoms with Gasteiger partial charge in [0.15, 0.2) is 0 Å². The third-order valence-corrected chi connectivity index (χ3v) is 3.12. The Morgan fingerprint density at radius 2 is 1.39 bits per heavy atom. The number of phenolic OH excluding ortho intramolecular Hbond substituents is 1. The molecule has 23 heavy (non-hydrogen) atoms. The van der Waals surface area contributed by atoms with E-state index in [1.807, 2.05) is 36.4 Å². The molecule has 2 rings (SSSR count). The molecule has 0 saturated carbocycles. The Kier molecular flexibility index (Phi) is 5.52. The Morgan fingerprint density at radius 1 is 0.870 bits per heavy atom. The summed E-state index contributed by atoms with van der Waals surface area (Å²) in [5.74, 6) is -1.08. The fourth-order valence-electron chi connectivity index (χ4n) is 1.90. The Bertz CT molecular complexity index is 703. The van der Waals surface area contributed by atoms with Crippen LogP contribution in [0.15, 0.2) is 48.5 Å². The zero-order chi connectivity index (χ0) is 16.7. The number of phenols is 1. The number of aliphatic carboxylic acids is 1. The van der Waals surface area contributed by atoms with E-state index < -0.39 is 5.97 Å². The van der Waals surface area contributed by atoms with Crippen molar-refractivity contribution in [2.45, 2.75) is 12.8 Å². The van der Waals surface area contributed by atoms with E-state index in [1.54, 1.807) is 24.3 Å². The maximum Gasteiger partial charge on any atom is 0.303 e. The van der Waals surface area contributed by atoms with Gasteiger partial charge in [0.2, 0.25) is 5.91 Å². The highest BCUT2D eigenvalue weighted by Crippen LogP contribution is 2.15. The monoisotopic (exact) mass is 311 g/mol. The fourth-order valence-corrected chi connectivity index (χ4v) is 1.90. The molecule has 5 heteroatoms. The van der Waals surface area contributed by atoms with Crippen LogP contribution in [0, 0.1) is 0 Å². The Balaban J connectivity index is 1.92. The van der Waals surface area contributed by atoms with E-state index in [9.17, 15) is 14.7 Å². The molecule has 0 aliphatic rings. The van der Waals surface area contributed by atoms with Crippen molar-refractivity contribution < 1.29 is 19.8 Å². The lowest BCUT2D eigenvalue weighted by Gasteiger charge is -2.04. The minimum Gasteiger partial charge on any atom is -0.508 e. The Hall–Kier alpha value is -3.08. The van der Waals surface area contributed by atoms with Crippen LogP contribution in [-0.2, 0) is 9.59 Å². The summed E-state index contributed by atoms with van der Waals surface area (Å²) < 4.78 is 0. The van der Waals surface area contributed by atoms with Crippen molar-refractivity contribution in [3.05, 3.63) is 59.7 Å². The van der Waals surface area contributed by atoms with Gasteiger partial charge in [-0.25, -0.2) is 0 Å². The molecule has 2 aromatic rings. The van der Waals surface area contributed by atoms with Crippen LogP contribution < -0.4 is 5.32 Å². The van der Waals surface area contributed by atoms with Crippen molar-refractivity contribution >= 4 is 29.7 Å². The molecule has 0 spiro atoms. The predicted octanol–water partition coefficient (Wildman–Crippen LogP) is 3.37. The van der Waals surface area contributed by atoms with E-state index in [0.717, 1.165) is 11.1 Å². The molecule has 0 aliphatic heterocycles. The van der Waals surface area contributed by atoms with Gasteiger partial charge in [0.1, 0.15) is 5.75 Å². The average molecular weight is 311 g/mol. The predicted molar refractivity (Wildman–Crippen MR) is 89.0 cm³/mol. The second kappa shape index (κ2) is 7.79. The summed E-state index contributed by atoms with van der Waals surface area (Å²) in [7, 11) is 0. The second-order valence-corrected chi connectivity index (χ2v) is 4.99. The lowest BCUT2D eigenvalue weighted by molar-refractivity contribution is -0.138. The molecule has 0 aromatic heterocycles. The molecule has 0 aliphatic carbocycles. The molecule has 118 valence electrons. The first-order valence-corrected chi connectivity index (χ1v) is 7.12. The van der Waals surface area contributed by atoms with Crippen molar-refractivity contribution in [2.24, 2.45) is 0 Å². The van der Waals surface area contributed by atoms with Crippen molar-refractivity contribution in [2.75, 3.05) is 5.32 Å². The van der Waals surface area contributed by atoms with Crippen LogP contribution in [0.4, 0.5) is 5.69 Å². The van der Waals surface area contributed by atoms with E-state index in [0.29, 0.717) is 5.69 Å². The van der Waals surface area contributed by atoms with Gasteiger partial charge < -0.3 is 15.5 Å². The van der Waals surface area contributed by atoms with Gasteiger partial charge in [0, 0.05) is 12.1 Å². The number of hydrogen-bond donors (Lipinski definition) is 3. The number of hydrogen-bond acceptors (Lipinski definition) is 3. The minimum atomic E-state index is -0.991. The topological polar surface area (TPSA) is 86.6 Å². The fraction of sp³-hybridized carbons (Fsp3) is 0.111. The molecule has 0 radical (unpaired) electrons. The van der Waals surface area contributed by atoms with Crippen LogP contribution in [0.1, 0.15) is 24.0 Å². The second-order valence-electron chi connectivity index (χ2n) is 4.99. The Labute approximate surface area is 133 Å². The maximum atomic E-state index is 11.5. The molecule has 0 fully saturated rings. The summed E-state index contributed by atoms with van der Waals surface area (Å²) in [6.07, 6.45) is 3.61. The number of aromatic hydroxyl groups is 1. The Morgan fingerprint density at radius 3 is 1.91 bits per heavy atom. The van der Waals surface area contributed by atoms with E-state index >= 15 is 0 Å².